The molecule has 1 aromatic heterocycles. The molecule has 0 saturated carbocycles. The van der Waals surface area contributed by atoms with Gasteiger partial charge in [0.25, 0.3) is 0 Å². The zero-order valence-corrected chi connectivity index (χ0v) is 10.8. The van der Waals surface area contributed by atoms with Gasteiger partial charge in [-0.1, -0.05) is 17.3 Å². The Kier molecular flexibility index (Phi) is 4.42. The van der Waals surface area contributed by atoms with Crippen LogP contribution in [-0.2, 0) is 24.4 Å². The van der Waals surface area contributed by atoms with Crippen LogP contribution in [0.1, 0.15) is 16.8 Å². The number of rotatable bonds is 5. The second-order valence-corrected chi connectivity index (χ2v) is 4.20. The van der Waals surface area contributed by atoms with E-state index in [4.69, 9.17) is 11.0 Å². The van der Waals surface area contributed by atoms with Crippen molar-refractivity contribution in [3.8, 4) is 6.07 Å². The molecule has 2 rings (SSSR count). The minimum atomic E-state index is -0.180. The number of aromatic nitrogens is 3. The fraction of sp³-hybridized carbons (Fsp3) is 0.231. The van der Waals surface area contributed by atoms with Crippen LogP contribution in [0.5, 0.6) is 0 Å². The summed E-state index contributed by atoms with van der Waals surface area (Å²) in [7, 11) is 0. The van der Waals surface area contributed by atoms with Crippen molar-refractivity contribution < 1.29 is 4.79 Å². The van der Waals surface area contributed by atoms with E-state index in [1.165, 1.54) is 4.68 Å². The van der Waals surface area contributed by atoms with E-state index < -0.39 is 0 Å². The molecular formula is C13H14N6O. The van der Waals surface area contributed by atoms with Crippen molar-refractivity contribution in [2.24, 2.45) is 5.73 Å². The van der Waals surface area contributed by atoms with Crippen LogP contribution in [0.25, 0.3) is 0 Å². The summed E-state index contributed by atoms with van der Waals surface area (Å²) in [6.07, 6.45) is 1.63. The third-order valence-electron chi connectivity index (χ3n) is 2.65. The molecule has 1 heterocycles. The summed E-state index contributed by atoms with van der Waals surface area (Å²) in [6.45, 7) is 0.750. The fourth-order valence-electron chi connectivity index (χ4n) is 1.66. The van der Waals surface area contributed by atoms with Crippen LogP contribution in [0.2, 0.25) is 0 Å². The molecule has 7 nitrogen and oxygen atoms in total. The van der Waals surface area contributed by atoms with E-state index in [0.717, 1.165) is 5.56 Å². The normalized spacial score (nSPS) is 10.0. The van der Waals surface area contributed by atoms with Crippen LogP contribution in [0.15, 0.2) is 30.5 Å². The van der Waals surface area contributed by atoms with E-state index >= 15 is 0 Å². The molecular weight excluding hydrogens is 256 g/mol. The number of nitriles is 1. The molecule has 1 aromatic carbocycles. The second-order valence-electron chi connectivity index (χ2n) is 4.20. The lowest BCUT2D eigenvalue weighted by Crippen LogP contribution is -2.27. The fourth-order valence-corrected chi connectivity index (χ4v) is 1.66. The molecule has 0 aliphatic carbocycles. The van der Waals surface area contributed by atoms with Crippen LogP contribution in [0.3, 0.4) is 0 Å². The highest BCUT2D eigenvalue weighted by Gasteiger charge is 2.05. The topological polar surface area (TPSA) is 110 Å². The molecule has 0 aliphatic heterocycles. The molecule has 102 valence electrons. The molecule has 0 radical (unpaired) electrons. The number of benzene rings is 1. The third-order valence-corrected chi connectivity index (χ3v) is 2.65. The molecule has 0 bridgehead atoms. The van der Waals surface area contributed by atoms with E-state index in [9.17, 15) is 4.79 Å². The van der Waals surface area contributed by atoms with Gasteiger partial charge >= 0.3 is 0 Å². The van der Waals surface area contributed by atoms with E-state index in [1.807, 2.05) is 6.07 Å². The molecule has 2 aromatic rings. The summed E-state index contributed by atoms with van der Waals surface area (Å²) in [4.78, 5) is 11.7. The first kappa shape index (κ1) is 13.7. The SMILES string of the molecule is N#Cc1cccc(CNC(=O)Cn2cc(CN)nn2)c1. The Bertz CT molecular complexity index is 642. The number of nitrogens with one attached hydrogen (secondary N) is 1. The van der Waals surface area contributed by atoms with E-state index in [-0.39, 0.29) is 12.5 Å². The van der Waals surface area contributed by atoms with Crippen molar-refractivity contribution >= 4 is 5.91 Å². The predicted molar refractivity (Wildman–Crippen MR) is 70.9 cm³/mol. The van der Waals surface area contributed by atoms with Crippen molar-refractivity contribution in [1.29, 1.82) is 5.26 Å². The Hall–Kier alpha value is -2.72. The van der Waals surface area contributed by atoms with Gasteiger partial charge < -0.3 is 11.1 Å². The van der Waals surface area contributed by atoms with Crippen molar-refractivity contribution in [3.05, 3.63) is 47.3 Å². The van der Waals surface area contributed by atoms with Gasteiger partial charge in [0, 0.05) is 13.1 Å². The first-order valence-electron chi connectivity index (χ1n) is 6.06. The lowest BCUT2D eigenvalue weighted by Gasteiger charge is -2.05. The van der Waals surface area contributed by atoms with Gasteiger partial charge in [-0.25, -0.2) is 4.68 Å². The first-order chi connectivity index (χ1) is 9.71. The van der Waals surface area contributed by atoms with Crippen molar-refractivity contribution in [1.82, 2.24) is 20.3 Å². The van der Waals surface area contributed by atoms with Crippen molar-refractivity contribution in [2.75, 3.05) is 0 Å². The van der Waals surface area contributed by atoms with Gasteiger partial charge in [0.05, 0.1) is 23.5 Å². The minimum Gasteiger partial charge on any atom is -0.350 e. The number of carbonyl (C=O) groups excluding carboxylic acids is 1. The highest BCUT2D eigenvalue weighted by atomic mass is 16.2. The highest BCUT2D eigenvalue weighted by molar-refractivity contribution is 5.75. The molecule has 0 unspecified atom stereocenters. The first-order valence-corrected chi connectivity index (χ1v) is 6.06. The van der Waals surface area contributed by atoms with Gasteiger partial charge in [0.2, 0.25) is 5.91 Å². The number of nitrogens with two attached hydrogens (primary N) is 1. The highest BCUT2D eigenvalue weighted by Crippen LogP contribution is 2.03. The maximum atomic E-state index is 11.7. The zero-order valence-electron chi connectivity index (χ0n) is 10.8. The number of amides is 1. The van der Waals surface area contributed by atoms with E-state index in [0.29, 0.717) is 24.3 Å². The number of hydrogen-bond acceptors (Lipinski definition) is 5. The maximum absolute atomic E-state index is 11.7. The average molecular weight is 270 g/mol. The van der Waals surface area contributed by atoms with Crippen LogP contribution in [0, 0.1) is 11.3 Å². The molecule has 20 heavy (non-hydrogen) atoms. The molecule has 3 N–H and O–H groups in total. The Balaban J connectivity index is 1.87. The van der Waals surface area contributed by atoms with Gasteiger partial charge in [0.15, 0.2) is 0 Å². The average Bonchev–Trinajstić information content (AvgIpc) is 2.93. The zero-order chi connectivity index (χ0) is 14.4. The summed E-state index contributed by atoms with van der Waals surface area (Å²) in [5, 5.41) is 19.1. The third kappa shape index (κ3) is 3.63. The Morgan fingerprint density at radius 1 is 1.50 bits per heavy atom. The molecule has 0 saturated heterocycles. The Morgan fingerprint density at radius 3 is 3.05 bits per heavy atom. The molecule has 0 spiro atoms. The van der Waals surface area contributed by atoms with Crippen molar-refractivity contribution in [2.45, 2.75) is 19.6 Å². The Morgan fingerprint density at radius 2 is 2.35 bits per heavy atom. The van der Waals surface area contributed by atoms with Crippen LogP contribution < -0.4 is 11.1 Å². The molecule has 0 fully saturated rings. The molecule has 1 amide bonds. The van der Waals surface area contributed by atoms with Crippen LogP contribution in [-0.4, -0.2) is 20.9 Å². The summed E-state index contributed by atoms with van der Waals surface area (Å²) >= 11 is 0. The molecule has 0 atom stereocenters. The largest absolute Gasteiger partial charge is 0.350 e. The minimum absolute atomic E-state index is 0.0882. The quantitative estimate of drug-likeness (QED) is 0.790. The van der Waals surface area contributed by atoms with Gasteiger partial charge in [-0.15, -0.1) is 5.10 Å². The van der Waals surface area contributed by atoms with Crippen molar-refractivity contribution in [3.63, 3.8) is 0 Å². The van der Waals surface area contributed by atoms with Gasteiger partial charge in [-0.2, -0.15) is 5.26 Å². The molecule has 7 heteroatoms. The van der Waals surface area contributed by atoms with Gasteiger partial charge in [0.1, 0.15) is 6.54 Å². The van der Waals surface area contributed by atoms with Crippen LogP contribution >= 0.6 is 0 Å². The van der Waals surface area contributed by atoms with Gasteiger partial charge in [-0.05, 0) is 17.7 Å². The monoisotopic (exact) mass is 270 g/mol. The van der Waals surface area contributed by atoms with Crippen LogP contribution in [0.4, 0.5) is 0 Å². The summed E-state index contributed by atoms with van der Waals surface area (Å²) in [5.74, 6) is -0.180. The summed E-state index contributed by atoms with van der Waals surface area (Å²) in [6, 6.07) is 9.15. The number of hydrogen-bond donors (Lipinski definition) is 2. The van der Waals surface area contributed by atoms with E-state index in [2.05, 4.69) is 21.7 Å². The standard InChI is InChI=1S/C13H14N6O/c14-5-10-2-1-3-11(4-10)7-16-13(20)9-19-8-12(6-15)17-18-19/h1-4,8H,6-7,9,15H2,(H,16,20). The lowest BCUT2D eigenvalue weighted by atomic mass is 10.1. The molecule has 0 aliphatic rings. The predicted octanol–water partition coefficient (Wildman–Crippen LogP) is -0.0751. The van der Waals surface area contributed by atoms with Gasteiger partial charge in [-0.3, -0.25) is 4.79 Å². The summed E-state index contributed by atoms with van der Waals surface area (Å²) in [5.41, 5.74) is 7.50. The number of nitrogens with zero attached hydrogens (tertiary/aromatic N) is 4. The smallest absolute Gasteiger partial charge is 0.242 e. The number of carbonyl (C=O) groups is 1. The van der Waals surface area contributed by atoms with E-state index in [1.54, 1.807) is 24.4 Å². The lowest BCUT2D eigenvalue weighted by molar-refractivity contribution is -0.122. The maximum Gasteiger partial charge on any atom is 0.242 e. The Labute approximate surface area is 116 Å². The second kappa shape index (κ2) is 6.45. The summed E-state index contributed by atoms with van der Waals surface area (Å²) < 4.78 is 1.43.